The van der Waals surface area contributed by atoms with Crippen molar-refractivity contribution in [1.29, 1.82) is 0 Å². The van der Waals surface area contributed by atoms with Crippen molar-refractivity contribution in [3.63, 3.8) is 0 Å². The van der Waals surface area contributed by atoms with Gasteiger partial charge in [-0.3, -0.25) is 4.68 Å². The third kappa shape index (κ3) is 2.94. The predicted molar refractivity (Wildman–Crippen MR) is 47.2 cm³/mol. The average Bonchev–Trinajstić information content (AvgIpc) is 2.33. The second kappa shape index (κ2) is 3.60. The van der Waals surface area contributed by atoms with Gasteiger partial charge in [0.05, 0.1) is 12.2 Å². The second-order valence-electron chi connectivity index (χ2n) is 2.58. The van der Waals surface area contributed by atoms with E-state index in [-0.39, 0.29) is 6.54 Å². The van der Waals surface area contributed by atoms with E-state index in [4.69, 9.17) is 10.7 Å². The molecule has 6 nitrogen and oxygen atoms in total. The molecular weight excluding hydrogens is 216 g/mol. The maximum atomic E-state index is 10.8. The molecule has 0 aromatic carbocycles. The lowest BCUT2D eigenvalue weighted by molar-refractivity contribution is 0.475. The van der Waals surface area contributed by atoms with Gasteiger partial charge in [0, 0.05) is 31.0 Å². The fourth-order valence-electron chi connectivity index (χ4n) is 0.773. The SMILES string of the molecule is CN(Cc1cn(C)nn1)S(=O)(=O)Cl. The Morgan fingerprint density at radius 3 is 2.69 bits per heavy atom. The summed E-state index contributed by atoms with van der Waals surface area (Å²) < 4.78 is 24.0. The third-order valence-electron chi connectivity index (χ3n) is 1.41. The Labute approximate surface area is 80.6 Å². The largest absolute Gasteiger partial charge is 0.299 e. The summed E-state index contributed by atoms with van der Waals surface area (Å²) in [4.78, 5) is 0. The zero-order valence-electron chi connectivity index (χ0n) is 7.18. The van der Waals surface area contributed by atoms with Crippen LogP contribution in [0.3, 0.4) is 0 Å². The van der Waals surface area contributed by atoms with Gasteiger partial charge in [-0.15, -0.1) is 5.10 Å². The van der Waals surface area contributed by atoms with Crippen LogP contribution in [0.4, 0.5) is 0 Å². The van der Waals surface area contributed by atoms with Crippen molar-refractivity contribution in [3.8, 4) is 0 Å². The fraction of sp³-hybridized carbons (Fsp3) is 0.600. The van der Waals surface area contributed by atoms with Gasteiger partial charge in [-0.25, -0.2) is 0 Å². The fourth-order valence-corrected chi connectivity index (χ4v) is 1.21. The van der Waals surface area contributed by atoms with E-state index in [2.05, 4.69) is 10.3 Å². The Morgan fingerprint density at radius 1 is 1.69 bits per heavy atom. The molecule has 1 aromatic rings. The lowest BCUT2D eigenvalue weighted by Gasteiger charge is -2.08. The topological polar surface area (TPSA) is 68.1 Å². The lowest BCUT2D eigenvalue weighted by Crippen LogP contribution is -2.21. The molecule has 0 N–H and O–H groups in total. The van der Waals surface area contributed by atoms with Crippen molar-refractivity contribution in [3.05, 3.63) is 11.9 Å². The van der Waals surface area contributed by atoms with Gasteiger partial charge in [-0.05, 0) is 0 Å². The van der Waals surface area contributed by atoms with Crippen molar-refractivity contribution in [2.24, 2.45) is 7.05 Å². The van der Waals surface area contributed by atoms with E-state index in [1.54, 1.807) is 13.2 Å². The number of hydrogen-bond acceptors (Lipinski definition) is 4. The van der Waals surface area contributed by atoms with Crippen LogP contribution in [0.2, 0.25) is 0 Å². The molecule has 0 spiro atoms. The normalized spacial score (nSPS) is 12.3. The first-order valence-corrected chi connectivity index (χ1v) is 5.67. The van der Waals surface area contributed by atoms with Gasteiger partial charge in [0.25, 0.3) is 9.24 Å². The highest BCUT2D eigenvalue weighted by molar-refractivity contribution is 8.11. The number of aryl methyl sites for hydroxylation is 1. The highest BCUT2D eigenvalue weighted by atomic mass is 35.7. The molecule has 74 valence electrons. The standard InChI is InChI=1S/C5H9ClN4O2S/c1-9-3-5(7-8-9)4-10(2)13(6,11)12/h3H,4H2,1-2H3. The molecule has 1 heterocycles. The second-order valence-corrected chi connectivity index (χ2v) is 5.20. The van der Waals surface area contributed by atoms with Gasteiger partial charge in [0.15, 0.2) is 0 Å². The first-order chi connectivity index (χ1) is 5.89. The lowest BCUT2D eigenvalue weighted by atomic mass is 10.5. The zero-order valence-corrected chi connectivity index (χ0v) is 8.75. The number of aromatic nitrogens is 3. The molecule has 0 amide bonds. The third-order valence-corrected chi connectivity index (χ3v) is 2.99. The van der Waals surface area contributed by atoms with Crippen LogP contribution in [0, 0.1) is 0 Å². The summed E-state index contributed by atoms with van der Waals surface area (Å²) in [6.45, 7) is 0.125. The average molecular weight is 225 g/mol. The predicted octanol–water partition coefficient (Wildman–Crippen LogP) is -0.269. The van der Waals surface area contributed by atoms with Crippen LogP contribution >= 0.6 is 10.7 Å². The molecule has 0 unspecified atom stereocenters. The summed E-state index contributed by atoms with van der Waals surface area (Å²) in [6.07, 6.45) is 1.62. The highest BCUT2D eigenvalue weighted by Gasteiger charge is 2.15. The first-order valence-electron chi connectivity index (χ1n) is 3.40. The molecule has 0 aliphatic heterocycles. The molecule has 0 aliphatic rings. The molecule has 1 aromatic heterocycles. The smallest absolute Gasteiger partial charge is 0.255 e. The van der Waals surface area contributed by atoms with Crippen molar-refractivity contribution in [1.82, 2.24) is 19.3 Å². The number of rotatable bonds is 3. The van der Waals surface area contributed by atoms with Crippen LogP contribution in [0.1, 0.15) is 5.69 Å². The Hall–Kier alpha value is -0.660. The Bertz CT molecular complexity index is 387. The van der Waals surface area contributed by atoms with E-state index in [0.29, 0.717) is 5.69 Å². The van der Waals surface area contributed by atoms with Crippen LogP contribution in [0.5, 0.6) is 0 Å². The minimum absolute atomic E-state index is 0.125. The van der Waals surface area contributed by atoms with E-state index in [9.17, 15) is 8.42 Å². The van der Waals surface area contributed by atoms with Gasteiger partial charge < -0.3 is 0 Å². The first kappa shape index (κ1) is 10.4. The summed E-state index contributed by atoms with van der Waals surface area (Å²) in [6, 6.07) is 0. The van der Waals surface area contributed by atoms with Gasteiger partial charge in [-0.1, -0.05) is 5.21 Å². The highest BCUT2D eigenvalue weighted by Crippen LogP contribution is 2.07. The number of nitrogens with zero attached hydrogens (tertiary/aromatic N) is 4. The Balaban J connectivity index is 2.71. The van der Waals surface area contributed by atoms with Gasteiger partial charge in [0.1, 0.15) is 0 Å². The summed E-state index contributed by atoms with van der Waals surface area (Å²) in [5, 5.41) is 7.37. The molecule has 0 aliphatic carbocycles. The molecule has 0 saturated heterocycles. The van der Waals surface area contributed by atoms with Crippen molar-refractivity contribution >= 4 is 19.9 Å². The van der Waals surface area contributed by atoms with E-state index >= 15 is 0 Å². The van der Waals surface area contributed by atoms with E-state index < -0.39 is 9.24 Å². The van der Waals surface area contributed by atoms with E-state index in [1.165, 1.54) is 11.7 Å². The summed E-state index contributed by atoms with van der Waals surface area (Å²) >= 11 is 0. The minimum atomic E-state index is -3.66. The van der Waals surface area contributed by atoms with Crippen LogP contribution < -0.4 is 0 Å². The van der Waals surface area contributed by atoms with Crippen molar-refractivity contribution in [2.75, 3.05) is 7.05 Å². The van der Waals surface area contributed by atoms with Crippen molar-refractivity contribution in [2.45, 2.75) is 6.54 Å². The summed E-state index contributed by atoms with van der Waals surface area (Å²) in [5.74, 6) is 0. The van der Waals surface area contributed by atoms with E-state index in [0.717, 1.165) is 4.31 Å². The van der Waals surface area contributed by atoms with Crippen LogP contribution in [-0.2, 0) is 22.8 Å². The number of hydrogen-bond donors (Lipinski definition) is 0. The molecule has 0 bridgehead atoms. The monoisotopic (exact) mass is 224 g/mol. The van der Waals surface area contributed by atoms with Crippen LogP contribution in [0.15, 0.2) is 6.20 Å². The molecule has 0 atom stereocenters. The molecule has 8 heteroatoms. The van der Waals surface area contributed by atoms with E-state index in [1.807, 2.05) is 0 Å². The maximum absolute atomic E-state index is 10.8. The molecule has 13 heavy (non-hydrogen) atoms. The molecule has 1 rings (SSSR count). The van der Waals surface area contributed by atoms with Crippen LogP contribution in [0.25, 0.3) is 0 Å². The maximum Gasteiger partial charge on any atom is 0.299 e. The van der Waals surface area contributed by atoms with Crippen LogP contribution in [-0.4, -0.2) is 34.8 Å². The molecular formula is C5H9ClN4O2S. The zero-order chi connectivity index (χ0) is 10.1. The van der Waals surface area contributed by atoms with Gasteiger partial charge >= 0.3 is 0 Å². The quantitative estimate of drug-likeness (QED) is 0.663. The number of halogens is 1. The van der Waals surface area contributed by atoms with Crippen molar-refractivity contribution < 1.29 is 8.42 Å². The summed E-state index contributed by atoms with van der Waals surface area (Å²) in [5.41, 5.74) is 0.550. The Kier molecular flexibility index (Phi) is 2.89. The minimum Gasteiger partial charge on any atom is -0.255 e. The van der Waals surface area contributed by atoms with Gasteiger partial charge in [-0.2, -0.15) is 12.7 Å². The molecule has 0 radical (unpaired) electrons. The summed E-state index contributed by atoms with van der Waals surface area (Å²) in [7, 11) is 4.49. The molecule has 0 fully saturated rings. The van der Waals surface area contributed by atoms with Gasteiger partial charge in [0.2, 0.25) is 0 Å². The molecule has 0 saturated carbocycles. The Morgan fingerprint density at radius 2 is 2.31 bits per heavy atom.